The number of ether oxygens (including phenoxy) is 2. The fourth-order valence-corrected chi connectivity index (χ4v) is 2.80. The highest BCUT2D eigenvalue weighted by atomic mass is 16.5. The van der Waals surface area contributed by atoms with E-state index in [4.69, 9.17) is 9.47 Å². The van der Waals surface area contributed by atoms with Gasteiger partial charge in [0.2, 0.25) is 0 Å². The SMILES string of the molecule is CCOC(=O)C1CCCN(C(=NC)NCCOc2ccccc2)C1. The van der Waals surface area contributed by atoms with Crippen molar-refractivity contribution in [3.05, 3.63) is 30.3 Å². The van der Waals surface area contributed by atoms with Gasteiger partial charge in [0.1, 0.15) is 12.4 Å². The highest BCUT2D eigenvalue weighted by Crippen LogP contribution is 2.18. The standard InChI is InChI=1S/C18H27N3O3/c1-3-23-17(22)15-8-7-12-21(14-15)18(19-2)20-11-13-24-16-9-5-4-6-10-16/h4-6,9-10,15H,3,7-8,11-14H2,1-2H3,(H,19,20). The Kier molecular flexibility index (Phi) is 7.39. The molecule has 0 amide bonds. The molecule has 0 aliphatic carbocycles. The van der Waals surface area contributed by atoms with Crippen LogP contribution in [0.15, 0.2) is 35.3 Å². The van der Waals surface area contributed by atoms with E-state index in [1.165, 1.54) is 0 Å². The van der Waals surface area contributed by atoms with Crippen LogP contribution in [0.1, 0.15) is 19.8 Å². The predicted molar refractivity (Wildman–Crippen MR) is 94.2 cm³/mol. The Morgan fingerprint density at radius 2 is 2.17 bits per heavy atom. The van der Waals surface area contributed by atoms with Gasteiger partial charge >= 0.3 is 5.97 Å². The number of likely N-dealkylation sites (tertiary alicyclic amines) is 1. The Labute approximate surface area is 143 Å². The molecular formula is C18H27N3O3. The summed E-state index contributed by atoms with van der Waals surface area (Å²) in [6.07, 6.45) is 1.84. The zero-order valence-electron chi connectivity index (χ0n) is 14.5. The second kappa shape index (κ2) is 9.80. The molecule has 1 unspecified atom stereocenters. The zero-order valence-corrected chi connectivity index (χ0v) is 14.5. The van der Waals surface area contributed by atoms with Gasteiger partial charge in [0.05, 0.1) is 19.1 Å². The molecule has 1 aliphatic heterocycles. The van der Waals surface area contributed by atoms with E-state index in [2.05, 4.69) is 15.2 Å². The van der Waals surface area contributed by atoms with Crippen LogP contribution in [-0.4, -0.2) is 56.7 Å². The van der Waals surface area contributed by atoms with E-state index in [0.717, 1.165) is 31.1 Å². The van der Waals surface area contributed by atoms with Gasteiger partial charge in [0.15, 0.2) is 5.96 Å². The van der Waals surface area contributed by atoms with Crippen LogP contribution in [0.4, 0.5) is 0 Å². The maximum atomic E-state index is 11.9. The first-order chi connectivity index (χ1) is 11.7. The number of carbonyl (C=O) groups excluding carboxylic acids is 1. The van der Waals surface area contributed by atoms with Crippen molar-refractivity contribution in [2.75, 3.05) is 39.9 Å². The minimum Gasteiger partial charge on any atom is -0.492 e. The van der Waals surface area contributed by atoms with Crippen molar-refractivity contribution in [1.29, 1.82) is 0 Å². The second-order valence-corrected chi connectivity index (χ2v) is 5.67. The fraction of sp³-hybridized carbons (Fsp3) is 0.556. The first kappa shape index (κ1) is 18.1. The number of nitrogens with zero attached hydrogens (tertiary/aromatic N) is 2. The van der Waals surface area contributed by atoms with Gasteiger partial charge in [-0.05, 0) is 31.9 Å². The summed E-state index contributed by atoms with van der Waals surface area (Å²) in [5.74, 6) is 1.48. The van der Waals surface area contributed by atoms with Crippen LogP contribution in [0.25, 0.3) is 0 Å². The number of para-hydroxylation sites is 1. The van der Waals surface area contributed by atoms with Crippen molar-refractivity contribution < 1.29 is 14.3 Å². The molecule has 1 heterocycles. The highest BCUT2D eigenvalue weighted by molar-refractivity contribution is 5.81. The lowest BCUT2D eigenvalue weighted by molar-refractivity contribution is -0.149. The number of rotatable bonds is 6. The van der Waals surface area contributed by atoms with Crippen molar-refractivity contribution >= 4 is 11.9 Å². The zero-order chi connectivity index (χ0) is 17.2. The molecule has 0 aromatic heterocycles. The van der Waals surface area contributed by atoms with Gasteiger partial charge in [-0.1, -0.05) is 18.2 Å². The predicted octanol–water partition coefficient (Wildman–Crippen LogP) is 1.92. The fourth-order valence-electron chi connectivity index (χ4n) is 2.80. The number of piperidine rings is 1. The molecule has 1 saturated heterocycles. The molecule has 1 N–H and O–H groups in total. The first-order valence-electron chi connectivity index (χ1n) is 8.54. The molecule has 6 nitrogen and oxygen atoms in total. The lowest BCUT2D eigenvalue weighted by Gasteiger charge is -2.33. The third kappa shape index (κ3) is 5.44. The summed E-state index contributed by atoms with van der Waals surface area (Å²) in [4.78, 5) is 18.4. The number of guanidine groups is 1. The molecule has 0 bridgehead atoms. The van der Waals surface area contributed by atoms with Gasteiger partial charge in [-0.15, -0.1) is 0 Å². The first-order valence-corrected chi connectivity index (χ1v) is 8.54. The van der Waals surface area contributed by atoms with Crippen LogP contribution in [0.2, 0.25) is 0 Å². The van der Waals surface area contributed by atoms with Crippen LogP contribution >= 0.6 is 0 Å². The Morgan fingerprint density at radius 3 is 2.88 bits per heavy atom. The number of nitrogens with one attached hydrogen (secondary N) is 1. The molecule has 24 heavy (non-hydrogen) atoms. The summed E-state index contributed by atoms with van der Waals surface area (Å²) >= 11 is 0. The van der Waals surface area contributed by atoms with E-state index in [9.17, 15) is 4.79 Å². The van der Waals surface area contributed by atoms with Crippen molar-refractivity contribution in [3.63, 3.8) is 0 Å². The average Bonchev–Trinajstić information content (AvgIpc) is 2.63. The lowest BCUT2D eigenvalue weighted by Crippen LogP contribution is -2.49. The van der Waals surface area contributed by atoms with Gasteiger partial charge in [0, 0.05) is 20.1 Å². The average molecular weight is 333 g/mol. The third-order valence-corrected chi connectivity index (χ3v) is 3.95. The Balaban J connectivity index is 1.77. The Bertz CT molecular complexity index is 534. The van der Waals surface area contributed by atoms with Crippen LogP contribution in [0.3, 0.4) is 0 Å². The van der Waals surface area contributed by atoms with Gasteiger partial charge in [-0.2, -0.15) is 0 Å². The van der Waals surface area contributed by atoms with Crippen LogP contribution in [0.5, 0.6) is 5.75 Å². The van der Waals surface area contributed by atoms with E-state index in [0.29, 0.717) is 26.3 Å². The summed E-state index contributed by atoms with van der Waals surface area (Å²) in [7, 11) is 1.76. The van der Waals surface area contributed by atoms with E-state index >= 15 is 0 Å². The monoisotopic (exact) mass is 333 g/mol. The molecule has 1 atom stereocenters. The lowest BCUT2D eigenvalue weighted by atomic mass is 9.98. The topological polar surface area (TPSA) is 63.2 Å². The van der Waals surface area contributed by atoms with Crippen molar-refractivity contribution in [3.8, 4) is 5.75 Å². The van der Waals surface area contributed by atoms with Crippen LogP contribution in [0, 0.1) is 5.92 Å². The van der Waals surface area contributed by atoms with E-state index in [-0.39, 0.29) is 11.9 Å². The number of hydrogen-bond acceptors (Lipinski definition) is 4. The molecule has 1 fully saturated rings. The minimum absolute atomic E-state index is 0.0715. The minimum atomic E-state index is -0.106. The molecule has 0 spiro atoms. The van der Waals surface area contributed by atoms with Gasteiger partial charge in [-0.3, -0.25) is 9.79 Å². The molecule has 2 rings (SSSR count). The van der Waals surface area contributed by atoms with Crippen LogP contribution < -0.4 is 10.1 Å². The molecule has 1 aliphatic rings. The van der Waals surface area contributed by atoms with Gasteiger partial charge in [-0.25, -0.2) is 0 Å². The van der Waals surface area contributed by atoms with E-state index < -0.39 is 0 Å². The number of esters is 1. The molecule has 132 valence electrons. The third-order valence-electron chi connectivity index (χ3n) is 3.95. The smallest absolute Gasteiger partial charge is 0.310 e. The van der Waals surface area contributed by atoms with Crippen molar-refractivity contribution in [1.82, 2.24) is 10.2 Å². The Hall–Kier alpha value is -2.24. The molecule has 1 aromatic carbocycles. The molecule has 6 heteroatoms. The number of carbonyl (C=O) groups is 1. The molecular weight excluding hydrogens is 306 g/mol. The van der Waals surface area contributed by atoms with Crippen LogP contribution in [-0.2, 0) is 9.53 Å². The maximum Gasteiger partial charge on any atom is 0.310 e. The summed E-state index contributed by atoms with van der Waals surface area (Å²) in [5.41, 5.74) is 0. The Morgan fingerprint density at radius 1 is 1.38 bits per heavy atom. The number of benzene rings is 1. The highest BCUT2D eigenvalue weighted by Gasteiger charge is 2.28. The maximum absolute atomic E-state index is 11.9. The largest absolute Gasteiger partial charge is 0.492 e. The molecule has 0 saturated carbocycles. The van der Waals surface area contributed by atoms with Gasteiger partial charge in [0.25, 0.3) is 0 Å². The normalized spacial score (nSPS) is 18.2. The summed E-state index contributed by atoms with van der Waals surface area (Å²) in [5, 5.41) is 3.30. The quantitative estimate of drug-likeness (QED) is 0.373. The second-order valence-electron chi connectivity index (χ2n) is 5.67. The van der Waals surface area contributed by atoms with E-state index in [1.54, 1.807) is 7.05 Å². The van der Waals surface area contributed by atoms with Crippen molar-refractivity contribution in [2.24, 2.45) is 10.9 Å². The molecule has 1 aromatic rings. The summed E-state index contributed by atoms with van der Waals surface area (Å²) in [6.45, 7) is 5.03. The van der Waals surface area contributed by atoms with Crippen molar-refractivity contribution in [2.45, 2.75) is 19.8 Å². The van der Waals surface area contributed by atoms with E-state index in [1.807, 2.05) is 37.3 Å². The number of hydrogen-bond donors (Lipinski definition) is 1. The molecule has 0 radical (unpaired) electrons. The summed E-state index contributed by atoms with van der Waals surface area (Å²) in [6, 6.07) is 9.73. The van der Waals surface area contributed by atoms with Gasteiger partial charge < -0.3 is 19.7 Å². The summed E-state index contributed by atoms with van der Waals surface area (Å²) < 4.78 is 10.8. The number of aliphatic imine (C=N–C) groups is 1.